The second kappa shape index (κ2) is 5.84. The zero-order chi connectivity index (χ0) is 14.9. The molecular weight excluding hydrogens is 268 g/mol. The molecule has 1 aromatic carbocycles. The lowest BCUT2D eigenvalue weighted by Gasteiger charge is -2.39. The van der Waals surface area contributed by atoms with Crippen LogP contribution in [0.15, 0.2) is 18.2 Å². The van der Waals surface area contributed by atoms with E-state index in [2.05, 4.69) is 0 Å². The number of hydrogen-bond acceptors (Lipinski definition) is 7. The number of benzene rings is 1. The third-order valence-electron chi connectivity index (χ3n) is 3.20. The summed E-state index contributed by atoms with van der Waals surface area (Å²) in [6.07, 6.45) is -5.80. The molecule has 0 aliphatic carbocycles. The van der Waals surface area contributed by atoms with Crippen molar-refractivity contribution in [2.24, 2.45) is 0 Å². The fourth-order valence-corrected chi connectivity index (χ4v) is 1.99. The van der Waals surface area contributed by atoms with Crippen LogP contribution in [-0.2, 0) is 4.74 Å². The van der Waals surface area contributed by atoms with Crippen LogP contribution in [0.4, 0.5) is 0 Å². The van der Waals surface area contributed by atoms with E-state index in [1.807, 2.05) is 0 Å². The molecule has 1 heterocycles. The quantitative estimate of drug-likeness (QED) is 0.599. The Labute approximate surface area is 115 Å². The third kappa shape index (κ3) is 2.80. The molecule has 7 heteroatoms. The largest absolute Gasteiger partial charge is 0.508 e. The molecule has 1 saturated heterocycles. The number of methoxy groups -OCH3 is 1. The van der Waals surface area contributed by atoms with Crippen LogP contribution in [0.25, 0.3) is 0 Å². The van der Waals surface area contributed by atoms with Crippen LogP contribution in [0.5, 0.6) is 17.2 Å². The van der Waals surface area contributed by atoms with Gasteiger partial charge in [-0.05, 0) is 19.1 Å². The SMILES string of the molecule is COc1cc(O)ccc1O[C@@H]1O[C@@H](C)[C@@H](O)[C@@H](O)[C@H]1O. The maximum absolute atomic E-state index is 9.85. The minimum absolute atomic E-state index is 0.00290. The second-order valence-electron chi connectivity index (χ2n) is 4.63. The molecule has 112 valence electrons. The fraction of sp³-hybridized carbons (Fsp3) is 0.538. The van der Waals surface area contributed by atoms with Gasteiger partial charge in [-0.25, -0.2) is 0 Å². The minimum atomic E-state index is -1.40. The van der Waals surface area contributed by atoms with E-state index in [1.54, 1.807) is 6.92 Å². The van der Waals surface area contributed by atoms with Crippen molar-refractivity contribution in [3.05, 3.63) is 18.2 Å². The summed E-state index contributed by atoms with van der Waals surface area (Å²) in [6.45, 7) is 1.56. The van der Waals surface area contributed by atoms with Gasteiger partial charge in [-0.15, -0.1) is 0 Å². The van der Waals surface area contributed by atoms with Gasteiger partial charge in [-0.2, -0.15) is 0 Å². The van der Waals surface area contributed by atoms with Crippen molar-refractivity contribution < 1.29 is 34.6 Å². The molecule has 0 aromatic heterocycles. The molecule has 2 rings (SSSR count). The summed E-state index contributed by atoms with van der Waals surface area (Å²) in [5.74, 6) is 0.502. The van der Waals surface area contributed by atoms with Gasteiger partial charge >= 0.3 is 0 Å². The summed E-state index contributed by atoms with van der Waals surface area (Å²) in [5.41, 5.74) is 0. The highest BCUT2D eigenvalue weighted by atomic mass is 16.7. The molecule has 7 nitrogen and oxygen atoms in total. The molecule has 0 radical (unpaired) electrons. The van der Waals surface area contributed by atoms with Crippen molar-refractivity contribution in [2.75, 3.05) is 7.11 Å². The van der Waals surface area contributed by atoms with E-state index in [0.717, 1.165) is 0 Å². The Morgan fingerprint density at radius 1 is 1.05 bits per heavy atom. The molecule has 1 fully saturated rings. The number of phenolic OH excluding ortho intramolecular Hbond substituents is 1. The lowest BCUT2D eigenvalue weighted by molar-refractivity contribution is -0.268. The van der Waals surface area contributed by atoms with Gasteiger partial charge in [-0.1, -0.05) is 0 Å². The summed E-state index contributed by atoms with van der Waals surface area (Å²) < 4.78 is 15.8. The minimum Gasteiger partial charge on any atom is -0.508 e. The number of aromatic hydroxyl groups is 1. The smallest absolute Gasteiger partial charge is 0.229 e. The van der Waals surface area contributed by atoms with Gasteiger partial charge < -0.3 is 34.6 Å². The normalized spacial score (nSPS) is 33.8. The molecule has 0 bridgehead atoms. The molecule has 5 atom stereocenters. The molecule has 0 unspecified atom stereocenters. The van der Waals surface area contributed by atoms with Gasteiger partial charge in [0, 0.05) is 6.07 Å². The van der Waals surface area contributed by atoms with Crippen LogP contribution in [0, 0.1) is 0 Å². The maximum atomic E-state index is 9.85. The number of hydrogen-bond donors (Lipinski definition) is 4. The van der Waals surface area contributed by atoms with Gasteiger partial charge in [0.25, 0.3) is 0 Å². The molecule has 4 N–H and O–H groups in total. The van der Waals surface area contributed by atoms with Crippen molar-refractivity contribution in [2.45, 2.75) is 37.6 Å². The lowest BCUT2D eigenvalue weighted by atomic mass is 10.00. The Hall–Kier alpha value is -1.54. The topological polar surface area (TPSA) is 109 Å². The van der Waals surface area contributed by atoms with E-state index in [1.165, 1.54) is 25.3 Å². The Morgan fingerprint density at radius 3 is 2.40 bits per heavy atom. The van der Waals surface area contributed by atoms with E-state index in [9.17, 15) is 20.4 Å². The molecule has 1 aliphatic rings. The fourth-order valence-electron chi connectivity index (χ4n) is 1.99. The highest BCUT2D eigenvalue weighted by Gasteiger charge is 2.43. The average molecular weight is 286 g/mol. The number of rotatable bonds is 3. The second-order valence-corrected chi connectivity index (χ2v) is 4.63. The van der Waals surface area contributed by atoms with Crippen molar-refractivity contribution in [3.63, 3.8) is 0 Å². The Morgan fingerprint density at radius 2 is 1.75 bits per heavy atom. The van der Waals surface area contributed by atoms with E-state index < -0.39 is 30.7 Å². The average Bonchev–Trinajstić information content (AvgIpc) is 2.44. The van der Waals surface area contributed by atoms with Crippen molar-refractivity contribution in [1.82, 2.24) is 0 Å². The first-order valence-electron chi connectivity index (χ1n) is 6.17. The maximum Gasteiger partial charge on any atom is 0.229 e. The summed E-state index contributed by atoms with van der Waals surface area (Å²) in [7, 11) is 1.40. The summed E-state index contributed by atoms with van der Waals surface area (Å²) >= 11 is 0. The van der Waals surface area contributed by atoms with Crippen LogP contribution in [0.3, 0.4) is 0 Å². The molecule has 0 spiro atoms. The lowest BCUT2D eigenvalue weighted by Crippen LogP contribution is -2.58. The number of ether oxygens (including phenoxy) is 3. The van der Waals surface area contributed by atoms with Crippen molar-refractivity contribution in [3.8, 4) is 17.2 Å². The first kappa shape index (κ1) is 14.9. The molecule has 1 aliphatic heterocycles. The Bertz CT molecular complexity index is 464. The molecular formula is C13H18O7. The first-order chi connectivity index (χ1) is 9.43. The van der Waals surface area contributed by atoms with Crippen LogP contribution < -0.4 is 9.47 Å². The zero-order valence-electron chi connectivity index (χ0n) is 11.1. The van der Waals surface area contributed by atoms with E-state index in [0.29, 0.717) is 0 Å². The summed E-state index contributed by atoms with van der Waals surface area (Å²) in [5, 5.41) is 38.5. The Kier molecular flexibility index (Phi) is 4.34. The molecule has 0 saturated carbocycles. The summed E-state index contributed by atoms with van der Waals surface area (Å²) in [4.78, 5) is 0. The molecule has 20 heavy (non-hydrogen) atoms. The van der Waals surface area contributed by atoms with E-state index in [-0.39, 0.29) is 17.2 Å². The zero-order valence-corrected chi connectivity index (χ0v) is 11.1. The standard InChI is InChI=1S/C13H18O7/c1-6-10(15)11(16)12(17)13(19-6)20-8-4-3-7(14)5-9(8)18-2/h3-6,10-17H,1-2H3/t6-,10+,11+,12+,13-/m0/s1. The number of aliphatic hydroxyl groups excluding tert-OH is 3. The molecule has 1 aromatic rings. The van der Waals surface area contributed by atoms with Gasteiger partial charge in [-0.3, -0.25) is 0 Å². The number of aliphatic hydroxyl groups is 3. The van der Waals surface area contributed by atoms with Gasteiger partial charge in [0.05, 0.1) is 13.2 Å². The van der Waals surface area contributed by atoms with E-state index >= 15 is 0 Å². The van der Waals surface area contributed by atoms with Crippen molar-refractivity contribution >= 4 is 0 Å². The Balaban J connectivity index is 2.17. The van der Waals surface area contributed by atoms with E-state index in [4.69, 9.17) is 14.2 Å². The van der Waals surface area contributed by atoms with Crippen LogP contribution >= 0.6 is 0 Å². The van der Waals surface area contributed by atoms with Crippen molar-refractivity contribution in [1.29, 1.82) is 0 Å². The van der Waals surface area contributed by atoms with Crippen LogP contribution in [0.2, 0.25) is 0 Å². The molecule has 0 amide bonds. The first-order valence-corrected chi connectivity index (χ1v) is 6.17. The van der Waals surface area contributed by atoms with Crippen LogP contribution in [-0.4, -0.2) is 58.2 Å². The summed E-state index contributed by atoms with van der Waals surface area (Å²) in [6, 6.07) is 4.19. The monoisotopic (exact) mass is 286 g/mol. The van der Waals surface area contributed by atoms with Crippen LogP contribution in [0.1, 0.15) is 6.92 Å². The third-order valence-corrected chi connectivity index (χ3v) is 3.20. The number of phenols is 1. The predicted octanol–water partition coefficient (Wildman–Crippen LogP) is -0.393. The highest BCUT2D eigenvalue weighted by Crippen LogP contribution is 2.33. The van der Waals surface area contributed by atoms with Gasteiger partial charge in [0.15, 0.2) is 11.5 Å². The van der Waals surface area contributed by atoms with Gasteiger partial charge in [0.1, 0.15) is 24.1 Å². The van der Waals surface area contributed by atoms with Gasteiger partial charge in [0.2, 0.25) is 6.29 Å². The predicted molar refractivity (Wildman–Crippen MR) is 67.6 cm³/mol. The highest BCUT2D eigenvalue weighted by molar-refractivity contribution is 5.45.